The Morgan fingerprint density at radius 1 is 1.41 bits per heavy atom. The highest BCUT2D eigenvalue weighted by molar-refractivity contribution is 6.30. The molecule has 0 fully saturated rings. The first-order valence-corrected chi connectivity index (χ1v) is 5.81. The number of aromatic nitrogens is 2. The van der Waals surface area contributed by atoms with Gasteiger partial charge in [0.15, 0.2) is 6.61 Å². The third-order valence-electron chi connectivity index (χ3n) is 1.98. The Morgan fingerprint density at radius 2 is 2.24 bits per heavy atom. The minimum Gasteiger partial charge on any atom is -0.484 e. The van der Waals surface area contributed by atoms with E-state index < -0.39 is 0 Å². The fourth-order valence-electron chi connectivity index (χ4n) is 1.19. The van der Waals surface area contributed by atoms with Crippen molar-refractivity contribution in [3.8, 4) is 5.75 Å². The van der Waals surface area contributed by atoms with Gasteiger partial charge in [0, 0.05) is 5.02 Å². The van der Waals surface area contributed by atoms with E-state index in [1.807, 2.05) is 0 Å². The van der Waals surface area contributed by atoms with E-state index >= 15 is 0 Å². The van der Waals surface area contributed by atoms with E-state index in [0.717, 1.165) is 0 Å². The Morgan fingerprint density at radius 3 is 2.88 bits per heavy atom. The second-order valence-corrected chi connectivity index (χ2v) is 4.49. The molecule has 0 saturated heterocycles. The third kappa shape index (κ3) is 3.35. The van der Waals surface area contributed by atoms with Crippen molar-refractivity contribution in [2.45, 2.75) is 18.9 Å². The molecular weight excluding hydrogens is 263 g/mol. The van der Waals surface area contributed by atoms with Crippen LogP contribution >= 0.6 is 23.2 Å². The van der Waals surface area contributed by atoms with Crippen LogP contribution < -0.4 is 4.74 Å². The molecule has 0 radical (unpaired) electrons. The average Bonchev–Trinajstić information content (AvgIpc) is 2.75. The highest BCUT2D eigenvalue weighted by Gasteiger charge is 2.11. The highest BCUT2D eigenvalue weighted by atomic mass is 35.5. The van der Waals surface area contributed by atoms with Crippen molar-refractivity contribution in [2.75, 3.05) is 0 Å². The molecule has 2 aromatic rings. The standard InChI is InChI=1S/C11H10Cl2N2O2/c1-7(12)11-15-14-10(17-11)6-16-9-4-2-3-8(13)5-9/h2-5,7H,6H2,1H3. The number of benzene rings is 1. The maximum Gasteiger partial charge on any atom is 0.253 e. The van der Waals surface area contributed by atoms with E-state index in [0.29, 0.717) is 22.6 Å². The van der Waals surface area contributed by atoms with Gasteiger partial charge in [-0.3, -0.25) is 0 Å². The summed E-state index contributed by atoms with van der Waals surface area (Å²) >= 11 is 11.6. The molecule has 90 valence electrons. The second-order valence-electron chi connectivity index (χ2n) is 3.40. The monoisotopic (exact) mass is 272 g/mol. The summed E-state index contributed by atoms with van der Waals surface area (Å²) in [7, 11) is 0. The van der Waals surface area contributed by atoms with Crippen molar-refractivity contribution >= 4 is 23.2 Å². The number of hydrogen-bond acceptors (Lipinski definition) is 4. The van der Waals surface area contributed by atoms with Gasteiger partial charge in [-0.05, 0) is 25.1 Å². The molecular formula is C11H10Cl2N2O2. The summed E-state index contributed by atoms with van der Waals surface area (Å²) in [5.41, 5.74) is 0. The molecule has 17 heavy (non-hydrogen) atoms. The minimum atomic E-state index is -0.303. The fraction of sp³-hybridized carbons (Fsp3) is 0.273. The number of alkyl halides is 1. The second kappa shape index (κ2) is 5.38. The predicted molar refractivity (Wildman–Crippen MR) is 64.4 cm³/mol. The molecule has 1 aromatic carbocycles. The minimum absolute atomic E-state index is 0.191. The molecule has 0 aliphatic heterocycles. The molecule has 6 heteroatoms. The molecule has 0 N–H and O–H groups in total. The van der Waals surface area contributed by atoms with Gasteiger partial charge in [0.1, 0.15) is 11.1 Å². The van der Waals surface area contributed by atoms with Gasteiger partial charge in [-0.15, -0.1) is 21.8 Å². The van der Waals surface area contributed by atoms with Crippen molar-refractivity contribution in [2.24, 2.45) is 0 Å². The highest BCUT2D eigenvalue weighted by Crippen LogP contribution is 2.20. The van der Waals surface area contributed by atoms with Gasteiger partial charge in [0.05, 0.1) is 0 Å². The first-order chi connectivity index (χ1) is 8.15. The van der Waals surface area contributed by atoms with Crippen LogP contribution in [0.2, 0.25) is 5.02 Å². The van der Waals surface area contributed by atoms with E-state index in [-0.39, 0.29) is 12.0 Å². The molecule has 0 amide bonds. The zero-order valence-electron chi connectivity index (χ0n) is 9.06. The Balaban J connectivity index is 1.97. The molecule has 0 aliphatic carbocycles. The smallest absolute Gasteiger partial charge is 0.253 e. The summed E-state index contributed by atoms with van der Waals surface area (Å²) in [6.45, 7) is 1.95. The van der Waals surface area contributed by atoms with Crippen LogP contribution in [0.25, 0.3) is 0 Å². The van der Waals surface area contributed by atoms with Crippen LogP contribution in [0.1, 0.15) is 24.1 Å². The molecule has 1 atom stereocenters. The van der Waals surface area contributed by atoms with E-state index in [9.17, 15) is 0 Å². The molecule has 4 nitrogen and oxygen atoms in total. The van der Waals surface area contributed by atoms with Gasteiger partial charge < -0.3 is 9.15 Å². The van der Waals surface area contributed by atoms with Gasteiger partial charge in [0.25, 0.3) is 5.89 Å². The van der Waals surface area contributed by atoms with Gasteiger partial charge in [-0.2, -0.15) is 0 Å². The molecule has 0 bridgehead atoms. The fourth-order valence-corrected chi connectivity index (χ4v) is 1.46. The van der Waals surface area contributed by atoms with E-state index in [1.165, 1.54) is 0 Å². The van der Waals surface area contributed by atoms with Crippen molar-refractivity contribution in [1.82, 2.24) is 10.2 Å². The first-order valence-electron chi connectivity index (χ1n) is 5.00. The molecule has 1 aromatic heterocycles. The number of ether oxygens (including phenoxy) is 1. The molecule has 1 heterocycles. The van der Waals surface area contributed by atoms with E-state index in [4.69, 9.17) is 32.4 Å². The van der Waals surface area contributed by atoms with Crippen LogP contribution in [-0.4, -0.2) is 10.2 Å². The quantitative estimate of drug-likeness (QED) is 0.798. The van der Waals surface area contributed by atoms with Gasteiger partial charge in [0.2, 0.25) is 5.89 Å². The first kappa shape index (κ1) is 12.2. The molecule has 0 aliphatic rings. The van der Waals surface area contributed by atoms with Crippen molar-refractivity contribution in [3.63, 3.8) is 0 Å². The van der Waals surface area contributed by atoms with Crippen LogP contribution in [0.5, 0.6) is 5.75 Å². The summed E-state index contributed by atoms with van der Waals surface area (Å²) in [5.74, 6) is 1.42. The van der Waals surface area contributed by atoms with Gasteiger partial charge in [-0.25, -0.2) is 0 Å². The van der Waals surface area contributed by atoms with E-state index in [1.54, 1.807) is 31.2 Å². The molecule has 0 spiro atoms. The van der Waals surface area contributed by atoms with Crippen LogP contribution in [-0.2, 0) is 6.61 Å². The SMILES string of the molecule is CC(Cl)c1nnc(COc2cccc(Cl)c2)o1. The maximum absolute atomic E-state index is 5.82. The Hall–Kier alpha value is -1.26. The molecule has 0 saturated carbocycles. The number of rotatable bonds is 4. The summed E-state index contributed by atoms with van der Waals surface area (Å²) < 4.78 is 10.7. The van der Waals surface area contributed by atoms with Crippen molar-refractivity contribution in [1.29, 1.82) is 0 Å². The number of hydrogen-bond donors (Lipinski definition) is 0. The average molecular weight is 273 g/mol. The topological polar surface area (TPSA) is 48.2 Å². The van der Waals surface area contributed by atoms with E-state index in [2.05, 4.69) is 10.2 Å². The Labute approximate surface area is 109 Å². The zero-order valence-corrected chi connectivity index (χ0v) is 10.6. The lowest BCUT2D eigenvalue weighted by molar-refractivity contribution is 0.259. The Bertz CT molecular complexity index is 500. The van der Waals surface area contributed by atoms with Crippen LogP contribution in [0.3, 0.4) is 0 Å². The van der Waals surface area contributed by atoms with Gasteiger partial charge in [-0.1, -0.05) is 17.7 Å². The lowest BCUT2D eigenvalue weighted by atomic mass is 10.3. The third-order valence-corrected chi connectivity index (χ3v) is 2.40. The predicted octanol–water partition coefficient (Wildman–Crippen LogP) is 3.60. The molecule has 2 rings (SSSR count). The van der Waals surface area contributed by atoms with Crippen LogP contribution in [0, 0.1) is 0 Å². The summed E-state index contributed by atoms with van der Waals surface area (Å²) in [6, 6.07) is 7.09. The van der Waals surface area contributed by atoms with Crippen LogP contribution in [0.4, 0.5) is 0 Å². The summed E-state index contributed by atoms with van der Waals surface area (Å²) in [6.07, 6.45) is 0. The van der Waals surface area contributed by atoms with Crippen molar-refractivity contribution < 1.29 is 9.15 Å². The Kier molecular flexibility index (Phi) is 3.86. The van der Waals surface area contributed by atoms with Crippen LogP contribution in [0.15, 0.2) is 28.7 Å². The lowest BCUT2D eigenvalue weighted by Gasteiger charge is -2.02. The van der Waals surface area contributed by atoms with Crippen molar-refractivity contribution in [3.05, 3.63) is 41.1 Å². The van der Waals surface area contributed by atoms with Gasteiger partial charge >= 0.3 is 0 Å². The number of halogens is 2. The number of nitrogens with zero attached hydrogens (tertiary/aromatic N) is 2. The normalized spacial score (nSPS) is 12.4. The lowest BCUT2D eigenvalue weighted by Crippen LogP contribution is -1.95. The summed E-state index contributed by atoms with van der Waals surface area (Å²) in [5, 5.41) is 7.92. The maximum atomic E-state index is 5.82. The molecule has 1 unspecified atom stereocenters. The zero-order chi connectivity index (χ0) is 12.3. The summed E-state index contributed by atoms with van der Waals surface area (Å²) in [4.78, 5) is 0. The largest absolute Gasteiger partial charge is 0.484 e.